The lowest BCUT2D eigenvalue weighted by molar-refractivity contribution is 0.0635. The molecule has 0 aromatic carbocycles. The molecule has 0 unspecified atom stereocenters. The van der Waals surface area contributed by atoms with Crippen LogP contribution in [0.2, 0.25) is 0 Å². The minimum atomic E-state index is -0.538. The number of anilines is 1. The first-order chi connectivity index (χ1) is 10.7. The Bertz CT molecular complexity index is 672. The molecule has 0 bridgehead atoms. The Kier molecular flexibility index (Phi) is 5.38. The van der Waals surface area contributed by atoms with E-state index in [2.05, 4.69) is 25.8 Å². The molecule has 0 saturated heterocycles. The van der Waals surface area contributed by atoms with Gasteiger partial charge >= 0.3 is 6.09 Å². The number of nitrogens with zero attached hydrogens (tertiary/aromatic N) is 2. The second-order valence-electron chi connectivity index (χ2n) is 6.24. The summed E-state index contributed by atoms with van der Waals surface area (Å²) in [6.45, 7) is 10.8. The molecule has 2 aromatic heterocycles. The van der Waals surface area contributed by atoms with Crippen LogP contribution in [0.3, 0.4) is 0 Å². The van der Waals surface area contributed by atoms with E-state index in [1.807, 2.05) is 34.6 Å². The van der Waals surface area contributed by atoms with Gasteiger partial charge in [0, 0.05) is 23.5 Å². The van der Waals surface area contributed by atoms with Crippen molar-refractivity contribution in [3.8, 4) is 0 Å². The van der Waals surface area contributed by atoms with Gasteiger partial charge in [0.1, 0.15) is 11.4 Å². The summed E-state index contributed by atoms with van der Waals surface area (Å²) < 4.78 is 5.23. The number of rotatable bonds is 5. The predicted molar refractivity (Wildman–Crippen MR) is 90.6 cm³/mol. The zero-order chi connectivity index (χ0) is 17.0. The lowest BCUT2D eigenvalue weighted by Crippen LogP contribution is -2.27. The summed E-state index contributed by atoms with van der Waals surface area (Å²) in [6.07, 6.45) is 1.18. The maximum Gasteiger partial charge on any atom is 0.413 e. The highest BCUT2D eigenvalue weighted by molar-refractivity contribution is 7.11. The molecule has 0 radical (unpaired) electrons. The van der Waals surface area contributed by atoms with E-state index in [-0.39, 0.29) is 0 Å². The van der Waals surface area contributed by atoms with Crippen LogP contribution in [-0.2, 0) is 17.8 Å². The van der Waals surface area contributed by atoms with E-state index in [1.165, 1.54) is 4.88 Å². The van der Waals surface area contributed by atoms with Crippen LogP contribution >= 0.6 is 11.3 Å². The van der Waals surface area contributed by atoms with Crippen molar-refractivity contribution in [3.05, 3.63) is 27.3 Å². The molecule has 3 N–H and O–H groups in total. The van der Waals surface area contributed by atoms with Crippen LogP contribution in [0.1, 0.15) is 41.9 Å². The van der Waals surface area contributed by atoms with E-state index in [0.717, 1.165) is 22.8 Å². The summed E-state index contributed by atoms with van der Waals surface area (Å²) in [4.78, 5) is 17.4. The molecule has 0 spiro atoms. The molecule has 2 aromatic rings. The predicted octanol–water partition coefficient (Wildman–Crippen LogP) is 3.12. The van der Waals surface area contributed by atoms with Crippen LogP contribution in [0, 0.1) is 13.8 Å². The number of nitrogens with one attached hydrogen (secondary N) is 3. The van der Waals surface area contributed by atoms with Crippen LogP contribution in [0.15, 0.2) is 6.20 Å². The smallest absolute Gasteiger partial charge is 0.413 e. The van der Waals surface area contributed by atoms with Crippen molar-refractivity contribution in [2.75, 3.05) is 5.32 Å². The molecular formula is C15H23N5O2S. The SMILES string of the molecule is Cc1nc(C)c(CNCc2cn[nH]c2NC(=O)OC(C)(C)C)s1. The molecule has 0 aliphatic heterocycles. The van der Waals surface area contributed by atoms with Crippen molar-refractivity contribution in [2.24, 2.45) is 0 Å². The fourth-order valence-electron chi connectivity index (χ4n) is 2.01. The lowest BCUT2D eigenvalue weighted by Gasteiger charge is -2.19. The van der Waals surface area contributed by atoms with E-state index in [4.69, 9.17) is 4.74 Å². The van der Waals surface area contributed by atoms with Gasteiger partial charge in [0.2, 0.25) is 0 Å². The molecule has 0 saturated carbocycles. The third-order valence-corrected chi connectivity index (χ3v) is 4.02. The van der Waals surface area contributed by atoms with Crippen LogP contribution in [0.25, 0.3) is 0 Å². The standard InChI is InChI=1S/C15H23N5O2S/c1-9-12(23-10(2)18-9)8-16-6-11-7-17-20-13(11)19-14(21)22-15(3,4)5/h7,16H,6,8H2,1-5H3,(H2,17,19,20,21). The molecule has 126 valence electrons. The summed E-state index contributed by atoms with van der Waals surface area (Å²) >= 11 is 1.69. The Morgan fingerprint density at radius 1 is 1.35 bits per heavy atom. The second-order valence-corrected chi connectivity index (χ2v) is 7.53. The third-order valence-electron chi connectivity index (χ3n) is 2.94. The maximum absolute atomic E-state index is 11.8. The van der Waals surface area contributed by atoms with Crippen molar-refractivity contribution >= 4 is 23.2 Å². The van der Waals surface area contributed by atoms with Gasteiger partial charge in [0.15, 0.2) is 0 Å². The van der Waals surface area contributed by atoms with E-state index in [9.17, 15) is 4.79 Å². The number of aromatic amines is 1. The maximum atomic E-state index is 11.8. The van der Waals surface area contributed by atoms with E-state index >= 15 is 0 Å². The zero-order valence-electron chi connectivity index (χ0n) is 14.1. The van der Waals surface area contributed by atoms with Gasteiger partial charge in [0.05, 0.1) is 16.9 Å². The minimum absolute atomic E-state index is 0.503. The van der Waals surface area contributed by atoms with E-state index in [1.54, 1.807) is 17.5 Å². The Balaban J connectivity index is 1.88. The monoisotopic (exact) mass is 337 g/mol. The van der Waals surface area contributed by atoms with Crippen LogP contribution < -0.4 is 10.6 Å². The molecule has 2 heterocycles. The first kappa shape index (κ1) is 17.4. The van der Waals surface area contributed by atoms with Crippen molar-refractivity contribution in [1.29, 1.82) is 0 Å². The van der Waals surface area contributed by atoms with Gasteiger partial charge in [-0.05, 0) is 34.6 Å². The molecule has 0 aliphatic carbocycles. The highest BCUT2D eigenvalue weighted by Gasteiger charge is 2.18. The number of hydrogen-bond acceptors (Lipinski definition) is 6. The lowest BCUT2D eigenvalue weighted by atomic mass is 10.2. The van der Waals surface area contributed by atoms with Gasteiger partial charge in [-0.15, -0.1) is 11.3 Å². The number of hydrogen-bond donors (Lipinski definition) is 3. The van der Waals surface area contributed by atoms with E-state index in [0.29, 0.717) is 12.4 Å². The Morgan fingerprint density at radius 3 is 2.70 bits per heavy atom. The molecule has 7 nitrogen and oxygen atoms in total. The van der Waals surface area contributed by atoms with Crippen LogP contribution in [0.5, 0.6) is 0 Å². The highest BCUT2D eigenvalue weighted by atomic mass is 32.1. The first-order valence-electron chi connectivity index (χ1n) is 7.40. The first-order valence-corrected chi connectivity index (χ1v) is 8.22. The van der Waals surface area contributed by atoms with Gasteiger partial charge in [-0.1, -0.05) is 0 Å². The van der Waals surface area contributed by atoms with Gasteiger partial charge in [-0.25, -0.2) is 9.78 Å². The zero-order valence-corrected chi connectivity index (χ0v) is 14.9. The molecule has 0 aliphatic rings. The summed E-state index contributed by atoms with van der Waals surface area (Å²) in [5.74, 6) is 0.545. The minimum Gasteiger partial charge on any atom is -0.444 e. The summed E-state index contributed by atoms with van der Waals surface area (Å²) in [5, 5.41) is 13.8. The van der Waals surface area contributed by atoms with Gasteiger partial charge in [0.25, 0.3) is 0 Å². The molecule has 1 amide bonds. The number of carbonyl (C=O) groups excluding carboxylic acids is 1. The Labute approximate surface area is 139 Å². The summed E-state index contributed by atoms with van der Waals surface area (Å²) in [5.41, 5.74) is 1.39. The fraction of sp³-hybridized carbons (Fsp3) is 0.533. The molecular weight excluding hydrogens is 314 g/mol. The van der Waals surface area contributed by atoms with Gasteiger partial charge < -0.3 is 10.1 Å². The molecule has 0 fully saturated rings. The number of thiazole rings is 1. The normalized spacial score (nSPS) is 11.5. The summed E-state index contributed by atoms with van der Waals surface area (Å²) in [7, 11) is 0. The van der Waals surface area contributed by atoms with Crippen molar-refractivity contribution in [3.63, 3.8) is 0 Å². The number of amides is 1. The van der Waals surface area contributed by atoms with Gasteiger partial charge in [-0.3, -0.25) is 10.4 Å². The Hall–Kier alpha value is -1.93. The fourth-order valence-corrected chi connectivity index (χ4v) is 2.91. The second kappa shape index (κ2) is 7.10. The van der Waals surface area contributed by atoms with Crippen molar-refractivity contribution in [1.82, 2.24) is 20.5 Å². The number of aryl methyl sites for hydroxylation is 2. The number of aromatic nitrogens is 3. The third kappa shape index (κ3) is 5.33. The highest BCUT2D eigenvalue weighted by Crippen LogP contribution is 2.18. The topological polar surface area (TPSA) is 91.9 Å². The quantitative estimate of drug-likeness (QED) is 0.779. The number of ether oxygens (including phenoxy) is 1. The van der Waals surface area contributed by atoms with Crippen LogP contribution in [0.4, 0.5) is 10.6 Å². The van der Waals surface area contributed by atoms with Crippen molar-refractivity contribution in [2.45, 2.75) is 53.3 Å². The Morgan fingerprint density at radius 2 is 2.09 bits per heavy atom. The van der Waals surface area contributed by atoms with E-state index < -0.39 is 11.7 Å². The average molecular weight is 337 g/mol. The van der Waals surface area contributed by atoms with Crippen LogP contribution in [-0.4, -0.2) is 26.9 Å². The molecule has 8 heteroatoms. The molecule has 23 heavy (non-hydrogen) atoms. The van der Waals surface area contributed by atoms with Gasteiger partial charge in [-0.2, -0.15) is 5.10 Å². The van der Waals surface area contributed by atoms with Crippen molar-refractivity contribution < 1.29 is 9.53 Å². The summed E-state index contributed by atoms with van der Waals surface area (Å²) in [6, 6.07) is 0. The number of carbonyl (C=O) groups is 1. The molecule has 0 atom stereocenters. The average Bonchev–Trinajstić information content (AvgIpc) is 2.94. The number of H-pyrrole nitrogens is 1. The largest absolute Gasteiger partial charge is 0.444 e. The molecule has 2 rings (SSSR count).